The van der Waals surface area contributed by atoms with Gasteiger partial charge in [-0.25, -0.2) is 8.42 Å². The van der Waals surface area contributed by atoms with Gasteiger partial charge < -0.3 is 4.90 Å². The Balaban J connectivity index is 1.79. The minimum atomic E-state index is -3.58. The minimum Gasteiger partial charge on any atom is -0.338 e. The Labute approximate surface area is 133 Å². The molecule has 1 unspecified atom stereocenters. The summed E-state index contributed by atoms with van der Waals surface area (Å²) in [5, 5.41) is 2.07. The van der Waals surface area contributed by atoms with Gasteiger partial charge in [0.05, 0.1) is 5.75 Å². The van der Waals surface area contributed by atoms with Crippen molar-refractivity contribution in [1.29, 1.82) is 0 Å². The highest BCUT2D eigenvalue weighted by atomic mass is 35.7. The molecule has 1 saturated heterocycles. The van der Waals surface area contributed by atoms with Crippen LogP contribution in [0.5, 0.6) is 0 Å². The van der Waals surface area contributed by atoms with Crippen molar-refractivity contribution in [1.82, 2.24) is 9.88 Å². The first-order valence-corrected chi connectivity index (χ1v) is 9.42. The summed E-state index contributed by atoms with van der Waals surface area (Å²) in [4.78, 5) is 18.0. The number of carbonyl (C=O) groups is 1. The summed E-state index contributed by atoms with van der Waals surface area (Å²) in [5.41, 5.74) is 0.959. The molecule has 1 atom stereocenters. The van der Waals surface area contributed by atoms with Crippen LogP contribution in [0, 0.1) is 5.92 Å². The van der Waals surface area contributed by atoms with E-state index in [4.69, 9.17) is 10.7 Å². The lowest BCUT2D eigenvalue weighted by Gasteiger charge is -2.17. The monoisotopic (exact) mass is 338 g/mol. The number of rotatable bonds is 4. The predicted octanol–water partition coefficient (Wildman–Crippen LogP) is 2.15. The van der Waals surface area contributed by atoms with Gasteiger partial charge in [0.1, 0.15) is 0 Å². The fraction of sp³-hybridized carbons (Fsp3) is 0.333. The summed E-state index contributed by atoms with van der Waals surface area (Å²) in [6.45, 7) is 0.847. The molecule has 1 aromatic heterocycles. The molecule has 2 heterocycles. The van der Waals surface area contributed by atoms with Gasteiger partial charge >= 0.3 is 0 Å². The number of carbonyl (C=O) groups excluding carboxylic acids is 1. The molecular weight excluding hydrogens is 324 g/mol. The van der Waals surface area contributed by atoms with E-state index >= 15 is 0 Å². The van der Waals surface area contributed by atoms with E-state index in [2.05, 4.69) is 4.98 Å². The molecule has 1 aromatic carbocycles. The maximum Gasteiger partial charge on any atom is 0.232 e. The molecule has 1 aliphatic rings. The molecule has 1 amide bonds. The Morgan fingerprint density at radius 3 is 2.82 bits per heavy atom. The lowest BCUT2D eigenvalue weighted by Crippen LogP contribution is -2.25. The van der Waals surface area contributed by atoms with Crippen LogP contribution in [0.25, 0.3) is 10.8 Å². The minimum absolute atomic E-state index is 0.0433. The van der Waals surface area contributed by atoms with Crippen molar-refractivity contribution in [3.63, 3.8) is 0 Å². The lowest BCUT2D eigenvalue weighted by atomic mass is 10.1. The molecule has 0 saturated carbocycles. The lowest BCUT2D eigenvalue weighted by molar-refractivity contribution is -0.128. The SMILES string of the molecule is O=C1CC(CS(=O)(=O)Cl)CN1Cc1cncc2ccccc12. The van der Waals surface area contributed by atoms with E-state index in [0.29, 0.717) is 13.1 Å². The number of aromatic nitrogens is 1. The van der Waals surface area contributed by atoms with E-state index in [1.165, 1.54) is 0 Å². The molecule has 5 nitrogen and oxygen atoms in total. The van der Waals surface area contributed by atoms with Crippen molar-refractivity contribution < 1.29 is 13.2 Å². The first-order valence-electron chi connectivity index (χ1n) is 6.94. The van der Waals surface area contributed by atoms with Gasteiger partial charge in [-0.1, -0.05) is 24.3 Å². The summed E-state index contributed by atoms with van der Waals surface area (Å²) >= 11 is 0. The van der Waals surface area contributed by atoms with Crippen LogP contribution in [0.3, 0.4) is 0 Å². The third kappa shape index (κ3) is 3.39. The summed E-state index contributed by atoms with van der Waals surface area (Å²) in [7, 11) is 1.70. The standard InChI is InChI=1S/C15H15ClN2O3S/c16-22(20,21)10-11-5-15(19)18(8-11)9-13-7-17-6-12-3-1-2-4-14(12)13/h1-4,6-7,11H,5,8-10H2. The van der Waals surface area contributed by atoms with Crippen LogP contribution in [-0.4, -0.2) is 36.5 Å². The third-order valence-electron chi connectivity index (χ3n) is 3.84. The fourth-order valence-electron chi connectivity index (χ4n) is 2.91. The van der Waals surface area contributed by atoms with Crippen LogP contribution in [0.1, 0.15) is 12.0 Å². The molecule has 0 radical (unpaired) electrons. The Morgan fingerprint density at radius 2 is 2.05 bits per heavy atom. The maximum absolute atomic E-state index is 12.1. The van der Waals surface area contributed by atoms with E-state index in [0.717, 1.165) is 16.3 Å². The normalized spacial score (nSPS) is 19.0. The Bertz CT molecular complexity index is 817. The van der Waals surface area contributed by atoms with Gasteiger partial charge in [-0.15, -0.1) is 0 Å². The summed E-state index contributed by atoms with van der Waals surface area (Å²) < 4.78 is 22.3. The molecule has 0 aliphatic carbocycles. The second kappa shape index (κ2) is 5.85. The number of hydrogen-bond acceptors (Lipinski definition) is 4. The number of amides is 1. The predicted molar refractivity (Wildman–Crippen MR) is 84.9 cm³/mol. The fourth-order valence-corrected chi connectivity index (χ4v) is 4.23. The summed E-state index contributed by atoms with van der Waals surface area (Å²) in [5.74, 6) is -0.443. The average Bonchev–Trinajstić information content (AvgIpc) is 2.77. The van der Waals surface area contributed by atoms with Gasteiger partial charge in [0.2, 0.25) is 15.0 Å². The topological polar surface area (TPSA) is 67.3 Å². The van der Waals surface area contributed by atoms with E-state index in [1.54, 1.807) is 17.3 Å². The maximum atomic E-state index is 12.1. The molecular formula is C15H15ClN2O3S. The number of halogens is 1. The van der Waals surface area contributed by atoms with Gasteiger partial charge in [-0.05, 0) is 10.9 Å². The van der Waals surface area contributed by atoms with Gasteiger partial charge in [0.15, 0.2) is 0 Å². The first kappa shape index (κ1) is 15.2. The smallest absolute Gasteiger partial charge is 0.232 e. The number of hydrogen-bond donors (Lipinski definition) is 0. The highest BCUT2D eigenvalue weighted by Gasteiger charge is 2.32. The van der Waals surface area contributed by atoms with Gasteiger partial charge in [0, 0.05) is 53.9 Å². The van der Waals surface area contributed by atoms with Crippen LogP contribution < -0.4 is 0 Å². The van der Waals surface area contributed by atoms with Crippen LogP contribution in [0.15, 0.2) is 36.7 Å². The quantitative estimate of drug-likeness (QED) is 0.801. The van der Waals surface area contributed by atoms with Crippen molar-refractivity contribution in [2.45, 2.75) is 13.0 Å². The second-order valence-electron chi connectivity index (χ2n) is 5.57. The number of pyridine rings is 1. The highest BCUT2D eigenvalue weighted by Crippen LogP contribution is 2.25. The van der Waals surface area contributed by atoms with E-state index in [1.807, 2.05) is 24.3 Å². The van der Waals surface area contributed by atoms with E-state index < -0.39 is 9.05 Å². The molecule has 116 valence electrons. The van der Waals surface area contributed by atoms with Crippen molar-refractivity contribution in [3.8, 4) is 0 Å². The number of nitrogens with zero attached hydrogens (tertiary/aromatic N) is 2. The van der Waals surface area contributed by atoms with E-state index in [9.17, 15) is 13.2 Å². The first-order chi connectivity index (χ1) is 10.4. The number of fused-ring (bicyclic) bond motifs is 1. The Hall–Kier alpha value is -1.66. The van der Waals surface area contributed by atoms with Crippen LogP contribution in [-0.2, 0) is 20.4 Å². The van der Waals surface area contributed by atoms with Gasteiger partial charge in [0.25, 0.3) is 0 Å². The van der Waals surface area contributed by atoms with Crippen molar-refractivity contribution in [2.75, 3.05) is 12.3 Å². The molecule has 2 aromatic rings. The van der Waals surface area contributed by atoms with Crippen LogP contribution in [0.4, 0.5) is 0 Å². The van der Waals surface area contributed by atoms with Crippen LogP contribution >= 0.6 is 10.7 Å². The molecule has 0 bridgehead atoms. The Morgan fingerprint density at radius 1 is 1.27 bits per heavy atom. The second-order valence-corrected chi connectivity index (χ2v) is 8.39. The number of benzene rings is 1. The van der Waals surface area contributed by atoms with Crippen LogP contribution in [0.2, 0.25) is 0 Å². The van der Waals surface area contributed by atoms with Gasteiger partial charge in [-0.2, -0.15) is 0 Å². The molecule has 7 heteroatoms. The van der Waals surface area contributed by atoms with Crippen molar-refractivity contribution in [2.24, 2.45) is 5.92 Å². The van der Waals surface area contributed by atoms with Crippen molar-refractivity contribution >= 4 is 36.4 Å². The summed E-state index contributed by atoms with van der Waals surface area (Å²) in [6, 6.07) is 7.85. The molecule has 1 fully saturated rings. The zero-order chi connectivity index (χ0) is 15.7. The molecule has 3 rings (SSSR count). The molecule has 1 aliphatic heterocycles. The average molecular weight is 339 g/mol. The third-order valence-corrected chi connectivity index (χ3v) is 5.09. The molecule has 22 heavy (non-hydrogen) atoms. The zero-order valence-corrected chi connectivity index (χ0v) is 13.3. The van der Waals surface area contributed by atoms with E-state index in [-0.39, 0.29) is 24.0 Å². The zero-order valence-electron chi connectivity index (χ0n) is 11.8. The highest BCUT2D eigenvalue weighted by molar-refractivity contribution is 8.13. The largest absolute Gasteiger partial charge is 0.338 e. The van der Waals surface area contributed by atoms with Gasteiger partial charge in [-0.3, -0.25) is 9.78 Å². The van der Waals surface area contributed by atoms with Crippen molar-refractivity contribution in [3.05, 3.63) is 42.2 Å². The molecule has 0 spiro atoms. The number of likely N-dealkylation sites (tertiary alicyclic amines) is 1. The Kier molecular flexibility index (Phi) is 4.06. The summed E-state index contributed by atoms with van der Waals surface area (Å²) in [6.07, 6.45) is 3.76. The molecule has 0 N–H and O–H groups in total.